The summed E-state index contributed by atoms with van der Waals surface area (Å²) < 4.78 is 5.44. The minimum Gasteiger partial charge on any atom is -0.356 e. The molecule has 0 bridgehead atoms. The zero-order chi connectivity index (χ0) is 20.7. The van der Waals surface area contributed by atoms with Crippen LogP contribution in [0.4, 0.5) is 5.82 Å². The number of aromatic nitrogens is 3. The lowest BCUT2D eigenvalue weighted by molar-refractivity contribution is -0.130. The van der Waals surface area contributed by atoms with Gasteiger partial charge < -0.3 is 14.3 Å². The lowest BCUT2D eigenvalue weighted by atomic mass is 10.1. The number of benzene rings is 2. The van der Waals surface area contributed by atoms with Gasteiger partial charge in [-0.15, -0.1) is 0 Å². The predicted octanol–water partition coefficient (Wildman–Crippen LogP) is 3.28. The monoisotopic (exact) mass is 401 g/mol. The maximum Gasteiger partial charge on any atom is 0.228 e. The molecule has 1 aliphatic rings. The summed E-state index contributed by atoms with van der Waals surface area (Å²) in [7, 11) is 0. The Hall–Kier alpha value is -3.48. The van der Waals surface area contributed by atoms with Gasteiger partial charge in [-0.2, -0.15) is 0 Å². The molecule has 7 heteroatoms. The number of hydrogen-bond donors (Lipinski definition) is 0. The van der Waals surface area contributed by atoms with E-state index in [0.29, 0.717) is 18.8 Å². The van der Waals surface area contributed by atoms with Gasteiger partial charge in [0.1, 0.15) is 11.5 Å². The van der Waals surface area contributed by atoms with Crippen LogP contribution in [0.5, 0.6) is 0 Å². The number of piperazine rings is 1. The highest BCUT2D eigenvalue weighted by Gasteiger charge is 2.24. The van der Waals surface area contributed by atoms with E-state index in [1.165, 1.54) is 5.56 Å². The normalized spacial score (nSPS) is 14.6. The molecule has 0 unspecified atom stereocenters. The average molecular weight is 401 g/mol. The van der Waals surface area contributed by atoms with Crippen molar-refractivity contribution >= 4 is 33.7 Å². The molecule has 0 saturated carbocycles. The highest BCUT2D eigenvalue weighted by molar-refractivity contribution is 5.87. The molecule has 0 spiro atoms. The van der Waals surface area contributed by atoms with Gasteiger partial charge in [0.05, 0.1) is 23.7 Å². The van der Waals surface area contributed by atoms with Crippen molar-refractivity contribution in [3.8, 4) is 0 Å². The molecular formula is C23H23N5O2. The van der Waals surface area contributed by atoms with Crippen molar-refractivity contribution in [3.05, 3.63) is 59.4 Å². The van der Waals surface area contributed by atoms with Crippen molar-refractivity contribution in [3.63, 3.8) is 0 Å². The molecule has 5 rings (SSSR count). The van der Waals surface area contributed by atoms with Gasteiger partial charge in [0.25, 0.3) is 0 Å². The van der Waals surface area contributed by atoms with Crippen LogP contribution < -0.4 is 4.90 Å². The third-order valence-electron chi connectivity index (χ3n) is 5.87. The average Bonchev–Trinajstić information content (AvgIpc) is 3.15. The van der Waals surface area contributed by atoms with E-state index in [1.807, 2.05) is 48.4 Å². The Balaban J connectivity index is 1.26. The summed E-state index contributed by atoms with van der Waals surface area (Å²) in [6, 6.07) is 11.9. The maximum atomic E-state index is 12.9. The van der Waals surface area contributed by atoms with E-state index < -0.39 is 0 Å². The number of amides is 1. The fourth-order valence-electron chi connectivity index (χ4n) is 3.91. The number of aryl methyl sites for hydroxylation is 2. The molecule has 4 aromatic rings. The fourth-order valence-corrected chi connectivity index (χ4v) is 3.91. The number of nitrogens with zero attached hydrogens (tertiary/aromatic N) is 5. The molecule has 0 radical (unpaired) electrons. The van der Waals surface area contributed by atoms with Gasteiger partial charge in [0.2, 0.25) is 5.91 Å². The molecule has 152 valence electrons. The van der Waals surface area contributed by atoms with Crippen molar-refractivity contribution in [1.82, 2.24) is 20.0 Å². The van der Waals surface area contributed by atoms with Crippen LogP contribution in [0.25, 0.3) is 22.0 Å². The fraction of sp³-hybridized carbons (Fsp3) is 0.304. The van der Waals surface area contributed by atoms with Gasteiger partial charge in [-0.05, 0) is 49.2 Å². The molecule has 0 N–H and O–H groups in total. The number of anilines is 1. The third kappa shape index (κ3) is 3.36. The first kappa shape index (κ1) is 18.5. The standard InChI is InChI=1S/C23H23N5O2/c1-15-11-17-20(26-30-21(17)12-16(15)2)13-23(29)28-9-7-27(8-10-28)22-14-24-18-5-3-4-6-19(18)25-22/h3-6,11-12,14H,7-10,13H2,1-2H3. The van der Waals surface area contributed by atoms with Crippen LogP contribution in [0.2, 0.25) is 0 Å². The number of para-hydroxylation sites is 2. The molecule has 2 aromatic carbocycles. The lowest BCUT2D eigenvalue weighted by Crippen LogP contribution is -2.49. The van der Waals surface area contributed by atoms with E-state index in [2.05, 4.69) is 28.0 Å². The molecule has 2 aromatic heterocycles. The van der Waals surface area contributed by atoms with Crippen molar-refractivity contribution < 1.29 is 9.32 Å². The second-order valence-corrected chi connectivity index (χ2v) is 7.82. The minimum absolute atomic E-state index is 0.0765. The van der Waals surface area contributed by atoms with Gasteiger partial charge in [-0.25, -0.2) is 4.98 Å². The summed E-state index contributed by atoms with van der Waals surface area (Å²) >= 11 is 0. The molecule has 0 aliphatic carbocycles. The first-order valence-electron chi connectivity index (χ1n) is 10.2. The first-order valence-corrected chi connectivity index (χ1v) is 10.2. The Morgan fingerprint density at radius 3 is 2.57 bits per heavy atom. The number of fused-ring (bicyclic) bond motifs is 2. The van der Waals surface area contributed by atoms with Crippen LogP contribution >= 0.6 is 0 Å². The van der Waals surface area contributed by atoms with Gasteiger partial charge >= 0.3 is 0 Å². The quantitative estimate of drug-likeness (QED) is 0.524. The van der Waals surface area contributed by atoms with Gasteiger partial charge in [-0.3, -0.25) is 9.78 Å². The van der Waals surface area contributed by atoms with Crippen molar-refractivity contribution in [2.75, 3.05) is 31.1 Å². The summed E-state index contributed by atoms with van der Waals surface area (Å²) in [4.78, 5) is 26.2. The molecular weight excluding hydrogens is 378 g/mol. The highest BCUT2D eigenvalue weighted by atomic mass is 16.5. The number of carbonyl (C=O) groups excluding carboxylic acids is 1. The summed E-state index contributed by atoms with van der Waals surface area (Å²) in [5.41, 5.74) is 5.55. The van der Waals surface area contributed by atoms with Crippen LogP contribution in [0.15, 0.2) is 47.1 Å². The van der Waals surface area contributed by atoms with E-state index in [0.717, 1.165) is 46.5 Å². The second-order valence-electron chi connectivity index (χ2n) is 7.82. The van der Waals surface area contributed by atoms with E-state index in [9.17, 15) is 4.79 Å². The van der Waals surface area contributed by atoms with E-state index in [1.54, 1.807) is 0 Å². The second kappa shape index (κ2) is 7.40. The molecule has 1 aliphatic heterocycles. The van der Waals surface area contributed by atoms with Crippen LogP contribution in [0, 0.1) is 13.8 Å². The molecule has 1 fully saturated rings. The van der Waals surface area contributed by atoms with Crippen LogP contribution in [-0.4, -0.2) is 52.1 Å². The zero-order valence-electron chi connectivity index (χ0n) is 17.1. The third-order valence-corrected chi connectivity index (χ3v) is 5.87. The lowest BCUT2D eigenvalue weighted by Gasteiger charge is -2.35. The van der Waals surface area contributed by atoms with Gasteiger partial charge in [-0.1, -0.05) is 17.3 Å². The first-order chi connectivity index (χ1) is 14.6. The SMILES string of the molecule is Cc1cc2onc(CC(=O)N3CCN(c4cnc5ccccc5n4)CC3)c2cc1C. The van der Waals surface area contributed by atoms with Crippen molar-refractivity contribution in [2.24, 2.45) is 0 Å². The Labute approximate surface area is 174 Å². The number of rotatable bonds is 3. The minimum atomic E-state index is 0.0765. The number of carbonyl (C=O) groups is 1. The van der Waals surface area contributed by atoms with Crippen molar-refractivity contribution in [1.29, 1.82) is 0 Å². The predicted molar refractivity (Wildman–Crippen MR) is 116 cm³/mol. The molecule has 7 nitrogen and oxygen atoms in total. The highest BCUT2D eigenvalue weighted by Crippen LogP contribution is 2.24. The Morgan fingerprint density at radius 2 is 1.77 bits per heavy atom. The number of hydrogen-bond acceptors (Lipinski definition) is 6. The molecule has 0 atom stereocenters. The van der Waals surface area contributed by atoms with Crippen LogP contribution in [0.3, 0.4) is 0 Å². The molecule has 1 amide bonds. The Bertz CT molecular complexity index is 1240. The van der Waals surface area contributed by atoms with E-state index >= 15 is 0 Å². The van der Waals surface area contributed by atoms with Crippen LogP contribution in [-0.2, 0) is 11.2 Å². The smallest absolute Gasteiger partial charge is 0.228 e. The van der Waals surface area contributed by atoms with Crippen LogP contribution in [0.1, 0.15) is 16.8 Å². The summed E-state index contributed by atoms with van der Waals surface area (Å²) in [6.45, 7) is 6.87. The van der Waals surface area contributed by atoms with E-state index in [-0.39, 0.29) is 12.3 Å². The summed E-state index contributed by atoms with van der Waals surface area (Å²) in [5.74, 6) is 0.932. The van der Waals surface area contributed by atoms with Gasteiger partial charge in [0, 0.05) is 31.6 Å². The Morgan fingerprint density at radius 1 is 1.03 bits per heavy atom. The van der Waals surface area contributed by atoms with E-state index in [4.69, 9.17) is 9.51 Å². The molecule has 30 heavy (non-hydrogen) atoms. The summed E-state index contributed by atoms with van der Waals surface area (Å²) in [6.07, 6.45) is 2.07. The largest absolute Gasteiger partial charge is 0.356 e. The van der Waals surface area contributed by atoms with Crippen molar-refractivity contribution in [2.45, 2.75) is 20.3 Å². The molecule has 3 heterocycles. The summed E-state index contributed by atoms with van der Waals surface area (Å²) in [5, 5.41) is 5.08. The maximum absolute atomic E-state index is 12.9. The van der Waals surface area contributed by atoms with Gasteiger partial charge in [0.15, 0.2) is 5.58 Å². The topological polar surface area (TPSA) is 75.4 Å². The molecule has 1 saturated heterocycles. The zero-order valence-corrected chi connectivity index (χ0v) is 17.1. The Kier molecular flexibility index (Phi) is 4.58.